The number of oxazole rings is 1. The lowest BCUT2D eigenvalue weighted by Crippen LogP contribution is -2.57. The molecule has 2 bridgehead atoms. The SMILES string of the molecule is CCCCCCCC(=O)SCC/C=C/[C@H]1OC(=O)[C@H](C)NC(=O)C(C)(C)NC(=O)c2coc(n2)CNCC1C=O. The number of thioether (sulfide) groups is 1. The van der Waals surface area contributed by atoms with E-state index in [2.05, 4.69) is 27.9 Å². The lowest BCUT2D eigenvalue weighted by atomic mass is 10.0. The van der Waals surface area contributed by atoms with Crippen molar-refractivity contribution in [3.63, 3.8) is 0 Å². The van der Waals surface area contributed by atoms with Gasteiger partial charge < -0.3 is 29.9 Å². The van der Waals surface area contributed by atoms with Crippen LogP contribution in [0.5, 0.6) is 0 Å². The standard InChI is InChI=1S/C28H42N4O7S/c1-5-6-7-8-9-13-24(34)40-14-11-10-12-22-20(17-33)15-29-16-23-31-21(18-38-23)25(35)32-28(3,4)27(37)30-19(2)26(36)39-22/h10,12,17-20,22,29H,5-9,11,13-16H2,1-4H3,(H,30,37)(H,32,35)/b12-10+/t19-,20?,22+/m0/s1. The predicted molar refractivity (Wildman–Crippen MR) is 151 cm³/mol. The fourth-order valence-corrected chi connectivity index (χ4v) is 4.62. The molecule has 12 heteroatoms. The lowest BCUT2D eigenvalue weighted by molar-refractivity contribution is -0.153. The Balaban J connectivity index is 2.06. The fraction of sp³-hybridized carbons (Fsp3) is 0.643. The van der Waals surface area contributed by atoms with Gasteiger partial charge in [-0.3, -0.25) is 14.4 Å². The number of amides is 2. The molecule has 0 aliphatic carbocycles. The number of nitrogens with zero attached hydrogens (tertiary/aromatic N) is 1. The van der Waals surface area contributed by atoms with E-state index in [0.717, 1.165) is 19.3 Å². The van der Waals surface area contributed by atoms with E-state index in [1.807, 2.05) is 0 Å². The molecule has 2 heterocycles. The number of rotatable bonds is 11. The maximum Gasteiger partial charge on any atom is 0.328 e. The van der Waals surface area contributed by atoms with Gasteiger partial charge in [-0.25, -0.2) is 9.78 Å². The summed E-state index contributed by atoms with van der Waals surface area (Å²) in [7, 11) is 0. The normalized spacial score (nSPS) is 22.4. The molecule has 11 nitrogen and oxygen atoms in total. The number of allylic oxidation sites excluding steroid dienone is 1. The van der Waals surface area contributed by atoms with Crippen LogP contribution in [-0.2, 0) is 30.5 Å². The van der Waals surface area contributed by atoms with Gasteiger partial charge in [0.2, 0.25) is 11.8 Å². The van der Waals surface area contributed by atoms with Gasteiger partial charge in [0.25, 0.3) is 5.91 Å². The maximum absolute atomic E-state index is 12.9. The number of fused-ring (bicyclic) bond motifs is 2. The van der Waals surface area contributed by atoms with Gasteiger partial charge in [-0.05, 0) is 39.7 Å². The first kappa shape index (κ1) is 33.2. The number of unbranched alkanes of at least 4 members (excludes halogenated alkanes) is 4. The first-order chi connectivity index (χ1) is 19.1. The molecule has 40 heavy (non-hydrogen) atoms. The molecule has 1 aliphatic heterocycles. The number of nitrogens with one attached hydrogen (secondary N) is 3. The minimum Gasteiger partial charge on any atom is -0.456 e. The third-order valence-corrected chi connectivity index (χ3v) is 7.31. The van der Waals surface area contributed by atoms with Crippen LogP contribution in [-0.4, -0.2) is 64.2 Å². The molecule has 0 saturated heterocycles. The number of carbonyl (C=O) groups is 5. The Morgan fingerprint density at radius 2 is 1.95 bits per heavy atom. The molecule has 1 unspecified atom stereocenters. The molecule has 0 aromatic carbocycles. The number of hydrogen-bond donors (Lipinski definition) is 3. The highest BCUT2D eigenvalue weighted by atomic mass is 32.2. The van der Waals surface area contributed by atoms with Crippen molar-refractivity contribution >= 4 is 40.9 Å². The largest absolute Gasteiger partial charge is 0.456 e. The van der Waals surface area contributed by atoms with Crippen molar-refractivity contribution in [2.24, 2.45) is 5.92 Å². The molecule has 0 fully saturated rings. The molecule has 1 aliphatic rings. The molecule has 1 aromatic heterocycles. The molecule has 3 atom stereocenters. The van der Waals surface area contributed by atoms with E-state index < -0.39 is 41.4 Å². The molecule has 0 radical (unpaired) electrons. The average molecular weight is 579 g/mol. The second-order valence-electron chi connectivity index (χ2n) is 10.3. The highest BCUT2D eigenvalue weighted by molar-refractivity contribution is 8.13. The summed E-state index contributed by atoms with van der Waals surface area (Å²) in [6.07, 6.45) is 11.0. The average Bonchev–Trinajstić information content (AvgIpc) is 3.38. The van der Waals surface area contributed by atoms with Gasteiger partial charge in [0, 0.05) is 18.7 Å². The third kappa shape index (κ3) is 11.2. The van der Waals surface area contributed by atoms with E-state index in [1.165, 1.54) is 51.6 Å². The highest BCUT2D eigenvalue weighted by Gasteiger charge is 2.34. The Morgan fingerprint density at radius 3 is 2.67 bits per heavy atom. The molecule has 3 N–H and O–H groups in total. The van der Waals surface area contributed by atoms with E-state index in [9.17, 15) is 24.0 Å². The first-order valence-electron chi connectivity index (χ1n) is 13.8. The Labute approximate surface area is 240 Å². The zero-order valence-corrected chi connectivity index (χ0v) is 24.6. The summed E-state index contributed by atoms with van der Waals surface area (Å²) in [6, 6.07) is -1.04. The minimum absolute atomic E-state index is 0.00202. The molecule has 2 rings (SSSR count). The summed E-state index contributed by atoms with van der Waals surface area (Å²) >= 11 is 1.28. The number of aldehydes is 1. The number of hydrogen-bond acceptors (Lipinski definition) is 10. The maximum atomic E-state index is 12.9. The van der Waals surface area contributed by atoms with Gasteiger partial charge in [-0.1, -0.05) is 50.4 Å². The zero-order valence-electron chi connectivity index (χ0n) is 23.8. The second kappa shape index (κ2) is 17.0. The summed E-state index contributed by atoms with van der Waals surface area (Å²) in [5, 5.41) is 8.34. The molecule has 0 saturated carbocycles. The number of cyclic esters (lactones) is 1. The molecule has 222 valence electrons. The van der Waals surface area contributed by atoms with Crippen LogP contribution in [0, 0.1) is 5.92 Å². The Bertz CT molecular complexity index is 1040. The summed E-state index contributed by atoms with van der Waals surface area (Å²) in [5.41, 5.74) is -1.37. The van der Waals surface area contributed by atoms with E-state index in [-0.39, 0.29) is 29.8 Å². The second-order valence-corrected chi connectivity index (χ2v) is 11.5. The first-order valence-corrected chi connectivity index (χ1v) is 14.8. The summed E-state index contributed by atoms with van der Waals surface area (Å²) in [4.78, 5) is 66.4. The van der Waals surface area contributed by atoms with Gasteiger partial charge in [0.05, 0.1) is 12.5 Å². The number of carbonyl (C=O) groups excluding carboxylic acids is 5. The predicted octanol–water partition coefficient (Wildman–Crippen LogP) is 3.08. The van der Waals surface area contributed by atoms with Crippen molar-refractivity contribution in [3.05, 3.63) is 30.0 Å². The van der Waals surface area contributed by atoms with Gasteiger partial charge in [-0.2, -0.15) is 0 Å². The summed E-state index contributed by atoms with van der Waals surface area (Å²) < 4.78 is 11.0. The third-order valence-electron chi connectivity index (χ3n) is 6.34. The molecule has 1 aromatic rings. The van der Waals surface area contributed by atoms with Crippen molar-refractivity contribution in [1.29, 1.82) is 0 Å². The smallest absolute Gasteiger partial charge is 0.328 e. The Kier molecular flexibility index (Phi) is 14.1. The summed E-state index contributed by atoms with van der Waals surface area (Å²) in [6.45, 7) is 6.86. The van der Waals surface area contributed by atoms with Gasteiger partial charge in [0.15, 0.2) is 10.8 Å². The van der Waals surface area contributed by atoms with Crippen LogP contribution < -0.4 is 16.0 Å². The van der Waals surface area contributed by atoms with Crippen LogP contribution in [0.2, 0.25) is 0 Å². The summed E-state index contributed by atoms with van der Waals surface area (Å²) in [5.74, 6) is -1.90. The zero-order chi connectivity index (χ0) is 29.5. The van der Waals surface area contributed by atoms with Crippen molar-refractivity contribution in [2.75, 3.05) is 12.3 Å². The number of aromatic nitrogens is 1. The Hall–Kier alpha value is -2.99. The van der Waals surface area contributed by atoms with E-state index in [1.54, 1.807) is 12.2 Å². The van der Waals surface area contributed by atoms with E-state index in [0.29, 0.717) is 24.9 Å². The monoisotopic (exact) mass is 578 g/mol. The van der Waals surface area contributed by atoms with Crippen LogP contribution in [0.4, 0.5) is 0 Å². The van der Waals surface area contributed by atoms with Crippen LogP contribution in [0.1, 0.15) is 89.0 Å². The van der Waals surface area contributed by atoms with Crippen LogP contribution in [0.3, 0.4) is 0 Å². The van der Waals surface area contributed by atoms with Crippen molar-refractivity contribution in [3.8, 4) is 0 Å². The highest BCUT2D eigenvalue weighted by Crippen LogP contribution is 2.15. The van der Waals surface area contributed by atoms with Crippen molar-refractivity contribution in [2.45, 2.75) is 96.9 Å². The van der Waals surface area contributed by atoms with Gasteiger partial charge in [-0.15, -0.1) is 0 Å². The Morgan fingerprint density at radius 1 is 1.20 bits per heavy atom. The van der Waals surface area contributed by atoms with Gasteiger partial charge >= 0.3 is 5.97 Å². The van der Waals surface area contributed by atoms with Crippen molar-refractivity contribution in [1.82, 2.24) is 20.9 Å². The lowest BCUT2D eigenvalue weighted by Gasteiger charge is -2.27. The number of esters is 1. The molecular weight excluding hydrogens is 536 g/mol. The minimum atomic E-state index is -1.37. The molecule has 0 spiro atoms. The van der Waals surface area contributed by atoms with E-state index in [4.69, 9.17) is 9.15 Å². The van der Waals surface area contributed by atoms with E-state index >= 15 is 0 Å². The molecule has 2 amide bonds. The van der Waals surface area contributed by atoms with Crippen molar-refractivity contribution < 1.29 is 33.1 Å². The molecular formula is C28H42N4O7S. The van der Waals surface area contributed by atoms with Crippen LogP contribution in [0.25, 0.3) is 0 Å². The fourth-order valence-electron chi connectivity index (χ4n) is 3.85. The van der Waals surface area contributed by atoms with Gasteiger partial charge in [0.1, 0.15) is 30.2 Å². The number of ether oxygens (including phenoxy) is 1. The quantitative estimate of drug-likeness (QED) is 0.154. The topological polar surface area (TPSA) is 157 Å². The van der Waals surface area contributed by atoms with Crippen LogP contribution in [0.15, 0.2) is 22.8 Å². The van der Waals surface area contributed by atoms with Crippen LogP contribution >= 0.6 is 11.8 Å².